The molecule has 0 aromatic heterocycles. The van der Waals surface area contributed by atoms with Crippen LogP contribution in [0.5, 0.6) is 11.5 Å². The number of hydrogen-bond acceptors (Lipinski definition) is 3. The van der Waals surface area contributed by atoms with Crippen molar-refractivity contribution in [3.05, 3.63) is 59.7 Å². The van der Waals surface area contributed by atoms with Crippen LogP contribution in [0.3, 0.4) is 0 Å². The molecule has 0 radical (unpaired) electrons. The lowest BCUT2D eigenvalue weighted by Gasteiger charge is -2.19. The van der Waals surface area contributed by atoms with Gasteiger partial charge in [-0.1, -0.05) is 30.3 Å². The molecule has 3 heteroatoms. The summed E-state index contributed by atoms with van der Waals surface area (Å²) in [5, 5.41) is 0. The number of hydrogen-bond donors (Lipinski definition) is 0. The van der Waals surface area contributed by atoms with Crippen molar-refractivity contribution in [2.24, 2.45) is 0 Å². The predicted octanol–water partition coefficient (Wildman–Crippen LogP) is 3.27. The Bertz CT molecular complexity index is 605. The number of fused-ring (bicyclic) bond motifs is 1. The molecule has 0 fully saturated rings. The van der Waals surface area contributed by atoms with Crippen molar-refractivity contribution in [1.82, 2.24) is 0 Å². The number of benzene rings is 2. The van der Waals surface area contributed by atoms with Crippen LogP contribution in [0.25, 0.3) is 0 Å². The third-order valence-corrected chi connectivity index (χ3v) is 3.35. The molecule has 0 bridgehead atoms. The van der Waals surface area contributed by atoms with E-state index in [0.717, 1.165) is 24.2 Å². The summed E-state index contributed by atoms with van der Waals surface area (Å²) in [5.41, 5.74) is 1.74. The van der Waals surface area contributed by atoms with Crippen LogP contribution in [0.1, 0.15) is 22.3 Å². The number of carbonyl (C=O) groups excluding carboxylic acids is 1. The summed E-state index contributed by atoms with van der Waals surface area (Å²) in [6.07, 6.45) is 1.97. The molecule has 1 aliphatic heterocycles. The molecular weight excluding hydrogens is 252 g/mol. The minimum absolute atomic E-state index is 0.0316. The van der Waals surface area contributed by atoms with Gasteiger partial charge in [-0.15, -0.1) is 0 Å². The Hall–Kier alpha value is -2.29. The van der Waals surface area contributed by atoms with Gasteiger partial charge in [-0.3, -0.25) is 4.79 Å². The van der Waals surface area contributed by atoms with E-state index in [-0.39, 0.29) is 12.4 Å². The largest absolute Gasteiger partial charge is 0.493 e. The molecule has 0 saturated heterocycles. The lowest BCUT2D eigenvalue weighted by Crippen LogP contribution is -2.17. The summed E-state index contributed by atoms with van der Waals surface area (Å²) in [7, 11) is 0. The van der Waals surface area contributed by atoms with Gasteiger partial charge in [0.05, 0.1) is 12.2 Å². The number of ether oxygens (including phenoxy) is 2. The lowest BCUT2D eigenvalue weighted by molar-refractivity contribution is 0.0916. The van der Waals surface area contributed by atoms with Crippen molar-refractivity contribution in [2.75, 3.05) is 13.2 Å². The molecule has 0 saturated carbocycles. The van der Waals surface area contributed by atoms with Gasteiger partial charge in [0.2, 0.25) is 5.78 Å². The molecule has 1 aliphatic rings. The monoisotopic (exact) mass is 268 g/mol. The SMILES string of the molecule is O=C(COc1ccccc1)c1cccc2c1OCCC2. The Balaban J connectivity index is 1.74. The molecule has 2 aromatic rings. The van der Waals surface area contributed by atoms with Crippen molar-refractivity contribution in [3.63, 3.8) is 0 Å². The van der Waals surface area contributed by atoms with Crippen LogP contribution in [0.2, 0.25) is 0 Å². The van der Waals surface area contributed by atoms with Gasteiger partial charge in [-0.25, -0.2) is 0 Å². The van der Waals surface area contributed by atoms with Crippen LogP contribution >= 0.6 is 0 Å². The first-order valence-electron chi connectivity index (χ1n) is 6.80. The first-order chi connectivity index (χ1) is 9.84. The summed E-state index contributed by atoms with van der Waals surface area (Å²) in [6, 6.07) is 15.1. The maximum Gasteiger partial charge on any atom is 0.203 e. The molecule has 3 nitrogen and oxygen atoms in total. The van der Waals surface area contributed by atoms with Crippen LogP contribution in [0.15, 0.2) is 48.5 Å². The standard InChI is InChI=1S/C17H16O3/c18-16(12-20-14-8-2-1-3-9-14)15-10-4-6-13-7-5-11-19-17(13)15/h1-4,6,8-10H,5,7,11-12H2. The van der Waals surface area contributed by atoms with E-state index >= 15 is 0 Å². The number of ketones is 1. The fourth-order valence-corrected chi connectivity index (χ4v) is 2.35. The minimum Gasteiger partial charge on any atom is -0.493 e. The fourth-order valence-electron chi connectivity index (χ4n) is 2.35. The second-order valence-corrected chi connectivity index (χ2v) is 4.77. The summed E-state index contributed by atoms with van der Waals surface area (Å²) in [4.78, 5) is 12.3. The van der Waals surface area contributed by atoms with Gasteiger partial charge < -0.3 is 9.47 Å². The Morgan fingerprint density at radius 1 is 1.10 bits per heavy atom. The van der Waals surface area contributed by atoms with Crippen LogP contribution in [-0.4, -0.2) is 19.0 Å². The molecule has 2 aromatic carbocycles. The average Bonchev–Trinajstić information content (AvgIpc) is 2.53. The maximum atomic E-state index is 12.3. The molecule has 1 heterocycles. The minimum atomic E-state index is -0.0485. The molecule has 102 valence electrons. The van der Waals surface area contributed by atoms with Crippen molar-refractivity contribution < 1.29 is 14.3 Å². The zero-order valence-corrected chi connectivity index (χ0v) is 11.2. The molecular formula is C17H16O3. The summed E-state index contributed by atoms with van der Waals surface area (Å²) in [6.45, 7) is 0.709. The Labute approximate surface area is 118 Å². The van der Waals surface area contributed by atoms with Gasteiger partial charge in [-0.2, -0.15) is 0 Å². The molecule has 0 aliphatic carbocycles. The predicted molar refractivity (Wildman–Crippen MR) is 76.5 cm³/mol. The number of rotatable bonds is 4. The van der Waals surface area contributed by atoms with Crippen molar-refractivity contribution in [2.45, 2.75) is 12.8 Å². The third-order valence-electron chi connectivity index (χ3n) is 3.35. The Kier molecular flexibility index (Phi) is 3.68. The highest BCUT2D eigenvalue weighted by Crippen LogP contribution is 2.29. The van der Waals surface area contributed by atoms with E-state index in [9.17, 15) is 4.79 Å². The molecule has 3 rings (SSSR count). The van der Waals surface area contributed by atoms with E-state index in [1.165, 1.54) is 0 Å². The molecule has 0 unspecified atom stereocenters. The van der Waals surface area contributed by atoms with Gasteiger partial charge in [0.25, 0.3) is 0 Å². The van der Waals surface area contributed by atoms with E-state index in [0.29, 0.717) is 17.9 Å². The topological polar surface area (TPSA) is 35.5 Å². The second kappa shape index (κ2) is 5.78. The highest BCUT2D eigenvalue weighted by Gasteiger charge is 2.19. The zero-order valence-electron chi connectivity index (χ0n) is 11.2. The molecule has 0 spiro atoms. The van der Waals surface area contributed by atoms with Crippen LogP contribution in [0.4, 0.5) is 0 Å². The van der Waals surface area contributed by atoms with Gasteiger partial charge in [0.15, 0.2) is 6.61 Å². The smallest absolute Gasteiger partial charge is 0.203 e. The zero-order chi connectivity index (χ0) is 13.8. The number of carbonyl (C=O) groups is 1. The Morgan fingerprint density at radius 3 is 2.80 bits per heavy atom. The van der Waals surface area contributed by atoms with Gasteiger partial charge in [-0.05, 0) is 36.6 Å². The van der Waals surface area contributed by atoms with E-state index in [4.69, 9.17) is 9.47 Å². The summed E-state index contributed by atoms with van der Waals surface area (Å²) in [5.74, 6) is 1.39. The van der Waals surface area contributed by atoms with Crippen molar-refractivity contribution >= 4 is 5.78 Å². The maximum absolute atomic E-state index is 12.3. The number of Topliss-reactive ketones (excluding diaryl/α,β-unsaturated/α-hetero) is 1. The van der Waals surface area contributed by atoms with Crippen molar-refractivity contribution in [1.29, 1.82) is 0 Å². The highest BCUT2D eigenvalue weighted by molar-refractivity contribution is 6.00. The van der Waals surface area contributed by atoms with Crippen LogP contribution in [-0.2, 0) is 6.42 Å². The average molecular weight is 268 g/mol. The van der Waals surface area contributed by atoms with E-state index in [1.54, 1.807) is 6.07 Å². The van der Waals surface area contributed by atoms with Crippen molar-refractivity contribution in [3.8, 4) is 11.5 Å². The van der Waals surface area contributed by atoms with Crippen LogP contribution in [0, 0.1) is 0 Å². The quantitative estimate of drug-likeness (QED) is 0.798. The summed E-state index contributed by atoms with van der Waals surface area (Å²) < 4.78 is 11.2. The van der Waals surface area contributed by atoms with Gasteiger partial charge in [0.1, 0.15) is 11.5 Å². The van der Waals surface area contributed by atoms with Gasteiger partial charge in [0, 0.05) is 0 Å². The number of para-hydroxylation sites is 2. The van der Waals surface area contributed by atoms with Gasteiger partial charge >= 0.3 is 0 Å². The first-order valence-corrected chi connectivity index (χ1v) is 6.80. The molecule has 0 atom stereocenters. The van der Waals surface area contributed by atoms with E-state index in [1.807, 2.05) is 42.5 Å². The molecule has 20 heavy (non-hydrogen) atoms. The fraction of sp³-hybridized carbons (Fsp3) is 0.235. The van der Waals surface area contributed by atoms with E-state index < -0.39 is 0 Å². The number of aryl methyl sites for hydroxylation is 1. The highest BCUT2D eigenvalue weighted by atomic mass is 16.5. The summed E-state index contributed by atoms with van der Waals surface area (Å²) >= 11 is 0. The normalized spacial score (nSPS) is 13.2. The third kappa shape index (κ3) is 2.67. The Morgan fingerprint density at radius 2 is 1.95 bits per heavy atom. The van der Waals surface area contributed by atoms with Crippen LogP contribution < -0.4 is 9.47 Å². The molecule has 0 amide bonds. The first kappa shape index (κ1) is 12.7. The molecule has 0 N–H and O–H groups in total. The second-order valence-electron chi connectivity index (χ2n) is 4.77. The lowest BCUT2D eigenvalue weighted by atomic mass is 10.0. The van der Waals surface area contributed by atoms with E-state index in [2.05, 4.69) is 0 Å².